The third-order valence-corrected chi connectivity index (χ3v) is 5.56. The summed E-state index contributed by atoms with van der Waals surface area (Å²) >= 11 is 3.21. The van der Waals surface area contributed by atoms with Crippen LogP contribution in [0.4, 0.5) is 10.2 Å². The summed E-state index contributed by atoms with van der Waals surface area (Å²) in [5, 5.41) is 4.15. The van der Waals surface area contributed by atoms with Crippen molar-refractivity contribution in [3.63, 3.8) is 0 Å². The van der Waals surface area contributed by atoms with Crippen LogP contribution >= 0.6 is 15.9 Å². The number of morpholine rings is 1. The molecule has 1 amide bonds. The topological polar surface area (TPSA) is 54.5 Å². The number of halogens is 2. The Morgan fingerprint density at radius 2 is 1.97 bits per heavy atom. The van der Waals surface area contributed by atoms with Gasteiger partial charge in [-0.25, -0.2) is 9.37 Å². The standard InChI is InChI=1S/C22H21BrFN3O2/c23-18-13-15(5-6-19(18)24)7-8-25-21-14-17(16-3-1-2-4-20(16)26-21)22(28)27-9-11-29-12-10-27/h1-6,13-14H,7-12H2,(H,25,26). The van der Waals surface area contributed by atoms with Gasteiger partial charge in [-0.3, -0.25) is 4.79 Å². The Labute approximate surface area is 177 Å². The molecule has 29 heavy (non-hydrogen) atoms. The summed E-state index contributed by atoms with van der Waals surface area (Å²) in [6.07, 6.45) is 0.708. The molecule has 2 heterocycles. The minimum Gasteiger partial charge on any atom is -0.378 e. The van der Waals surface area contributed by atoms with Crippen molar-refractivity contribution in [2.75, 3.05) is 38.2 Å². The van der Waals surface area contributed by atoms with Crippen molar-refractivity contribution in [2.45, 2.75) is 6.42 Å². The zero-order chi connectivity index (χ0) is 20.2. The summed E-state index contributed by atoms with van der Waals surface area (Å²) in [5.74, 6) is 0.378. The monoisotopic (exact) mass is 457 g/mol. The van der Waals surface area contributed by atoms with Crippen molar-refractivity contribution in [3.8, 4) is 0 Å². The van der Waals surface area contributed by atoms with Crippen LogP contribution in [-0.2, 0) is 11.2 Å². The summed E-state index contributed by atoms with van der Waals surface area (Å²) in [7, 11) is 0. The number of nitrogens with zero attached hydrogens (tertiary/aromatic N) is 2. The highest BCUT2D eigenvalue weighted by Gasteiger charge is 2.21. The Morgan fingerprint density at radius 3 is 2.76 bits per heavy atom. The molecule has 4 rings (SSSR count). The number of pyridine rings is 1. The second-order valence-electron chi connectivity index (χ2n) is 6.90. The molecule has 150 valence electrons. The highest BCUT2D eigenvalue weighted by atomic mass is 79.9. The van der Waals surface area contributed by atoms with Gasteiger partial charge in [0.2, 0.25) is 0 Å². The Hall–Kier alpha value is -2.51. The fourth-order valence-corrected chi connectivity index (χ4v) is 3.84. The maximum atomic E-state index is 13.4. The summed E-state index contributed by atoms with van der Waals surface area (Å²) in [4.78, 5) is 19.6. The van der Waals surface area contributed by atoms with Gasteiger partial charge in [-0.05, 0) is 52.2 Å². The Bertz CT molecular complexity index is 1040. The van der Waals surface area contributed by atoms with E-state index in [9.17, 15) is 9.18 Å². The number of anilines is 1. The first-order chi connectivity index (χ1) is 14.1. The number of benzene rings is 2. The molecule has 0 bridgehead atoms. The molecule has 0 spiro atoms. The quantitative estimate of drug-likeness (QED) is 0.621. The summed E-state index contributed by atoms with van der Waals surface area (Å²) in [6, 6.07) is 14.5. The van der Waals surface area contributed by atoms with Crippen LogP contribution in [0.3, 0.4) is 0 Å². The first-order valence-corrected chi connectivity index (χ1v) is 10.4. The molecule has 1 saturated heterocycles. The van der Waals surface area contributed by atoms with Gasteiger partial charge >= 0.3 is 0 Å². The van der Waals surface area contributed by atoms with Crippen molar-refractivity contribution >= 4 is 38.6 Å². The van der Waals surface area contributed by atoms with Gasteiger partial charge in [0.25, 0.3) is 5.91 Å². The number of fused-ring (bicyclic) bond motifs is 1. The molecule has 1 aliphatic heterocycles. The van der Waals surface area contributed by atoms with Gasteiger partial charge in [0.1, 0.15) is 11.6 Å². The van der Waals surface area contributed by atoms with Crippen molar-refractivity contribution in [2.24, 2.45) is 0 Å². The third-order valence-electron chi connectivity index (χ3n) is 4.95. The van der Waals surface area contributed by atoms with E-state index in [-0.39, 0.29) is 11.7 Å². The van der Waals surface area contributed by atoms with E-state index in [2.05, 4.69) is 26.2 Å². The molecule has 3 aromatic rings. The number of rotatable bonds is 5. The van der Waals surface area contributed by atoms with Gasteiger partial charge in [-0.15, -0.1) is 0 Å². The first kappa shape index (κ1) is 19.8. The molecule has 0 unspecified atom stereocenters. The number of hydrogen-bond acceptors (Lipinski definition) is 4. The molecular weight excluding hydrogens is 437 g/mol. The average molecular weight is 458 g/mol. The average Bonchev–Trinajstić information content (AvgIpc) is 2.76. The molecule has 0 saturated carbocycles. The Morgan fingerprint density at radius 1 is 1.17 bits per heavy atom. The maximum Gasteiger partial charge on any atom is 0.254 e. The van der Waals surface area contributed by atoms with Crippen LogP contribution in [0.2, 0.25) is 0 Å². The van der Waals surface area contributed by atoms with Crippen LogP contribution in [0.25, 0.3) is 10.9 Å². The van der Waals surface area contributed by atoms with Crippen LogP contribution < -0.4 is 5.32 Å². The molecule has 2 aromatic carbocycles. The molecule has 7 heteroatoms. The number of nitrogens with one attached hydrogen (secondary N) is 1. The van der Waals surface area contributed by atoms with Gasteiger partial charge in [-0.2, -0.15) is 0 Å². The van der Waals surface area contributed by atoms with Crippen molar-refractivity contribution < 1.29 is 13.9 Å². The van der Waals surface area contributed by atoms with Gasteiger partial charge in [0.15, 0.2) is 0 Å². The second-order valence-corrected chi connectivity index (χ2v) is 7.76. The van der Waals surface area contributed by atoms with Crippen molar-refractivity contribution in [1.29, 1.82) is 0 Å². The van der Waals surface area contributed by atoms with E-state index in [0.717, 1.165) is 16.5 Å². The van der Waals surface area contributed by atoms with Crippen LogP contribution in [0.15, 0.2) is 53.0 Å². The zero-order valence-corrected chi connectivity index (χ0v) is 17.4. The van der Waals surface area contributed by atoms with E-state index < -0.39 is 0 Å². The normalized spacial score (nSPS) is 14.2. The number of para-hydroxylation sites is 1. The zero-order valence-electron chi connectivity index (χ0n) is 15.8. The second kappa shape index (κ2) is 8.88. The Balaban J connectivity index is 1.54. The SMILES string of the molecule is O=C(c1cc(NCCc2ccc(F)c(Br)c2)nc2ccccc12)N1CCOCC1. The molecule has 1 fully saturated rings. The van der Waals surface area contributed by atoms with Crippen LogP contribution in [0.1, 0.15) is 15.9 Å². The number of carbonyl (C=O) groups is 1. The molecule has 1 N–H and O–H groups in total. The number of aromatic nitrogens is 1. The maximum absolute atomic E-state index is 13.4. The molecule has 1 aliphatic rings. The number of ether oxygens (including phenoxy) is 1. The lowest BCUT2D eigenvalue weighted by Gasteiger charge is -2.27. The molecule has 0 aliphatic carbocycles. The van der Waals surface area contributed by atoms with Gasteiger partial charge < -0.3 is 15.0 Å². The Kier molecular flexibility index (Phi) is 6.06. The van der Waals surface area contributed by atoms with Crippen molar-refractivity contribution in [3.05, 3.63) is 69.9 Å². The van der Waals surface area contributed by atoms with Crippen LogP contribution in [0, 0.1) is 5.82 Å². The fraction of sp³-hybridized carbons (Fsp3) is 0.273. The molecule has 0 radical (unpaired) electrons. The largest absolute Gasteiger partial charge is 0.378 e. The van der Waals surface area contributed by atoms with E-state index in [1.807, 2.05) is 35.2 Å². The lowest BCUT2D eigenvalue weighted by molar-refractivity contribution is 0.0304. The van der Waals surface area contributed by atoms with Gasteiger partial charge in [-0.1, -0.05) is 24.3 Å². The van der Waals surface area contributed by atoms with Crippen LogP contribution in [-0.4, -0.2) is 48.6 Å². The number of hydrogen-bond donors (Lipinski definition) is 1. The van der Waals surface area contributed by atoms with Gasteiger partial charge in [0, 0.05) is 25.0 Å². The predicted octanol–water partition coefficient (Wildman–Crippen LogP) is 4.26. The summed E-state index contributed by atoms with van der Waals surface area (Å²) in [6.45, 7) is 2.93. The molecule has 0 atom stereocenters. The molecule has 5 nitrogen and oxygen atoms in total. The van der Waals surface area contributed by atoms with Crippen LogP contribution in [0.5, 0.6) is 0 Å². The number of amides is 1. The highest BCUT2D eigenvalue weighted by Crippen LogP contribution is 2.23. The first-order valence-electron chi connectivity index (χ1n) is 9.56. The van der Waals surface area contributed by atoms with Gasteiger partial charge in [0.05, 0.1) is 28.8 Å². The minimum atomic E-state index is -0.274. The lowest BCUT2D eigenvalue weighted by Crippen LogP contribution is -2.40. The lowest BCUT2D eigenvalue weighted by atomic mass is 10.1. The fourth-order valence-electron chi connectivity index (χ4n) is 3.41. The minimum absolute atomic E-state index is 0.00239. The predicted molar refractivity (Wildman–Crippen MR) is 115 cm³/mol. The van der Waals surface area contributed by atoms with E-state index in [1.54, 1.807) is 12.1 Å². The van der Waals surface area contributed by atoms with Crippen molar-refractivity contribution in [1.82, 2.24) is 9.88 Å². The molecular formula is C22H21BrFN3O2. The smallest absolute Gasteiger partial charge is 0.254 e. The van der Waals surface area contributed by atoms with E-state index >= 15 is 0 Å². The van der Waals surface area contributed by atoms with E-state index in [0.29, 0.717) is 55.1 Å². The summed E-state index contributed by atoms with van der Waals surface area (Å²) in [5.41, 5.74) is 2.43. The molecule has 1 aromatic heterocycles. The summed E-state index contributed by atoms with van der Waals surface area (Å²) < 4.78 is 19.2. The third kappa shape index (κ3) is 4.57. The van der Waals surface area contributed by atoms with E-state index in [4.69, 9.17) is 4.74 Å². The van der Waals surface area contributed by atoms with E-state index in [1.165, 1.54) is 6.07 Å². The number of carbonyl (C=O) groups excluding carboxylic acids is 1. The highest BCUT2D eigenvalue weighted by molar-refractivity contribution is 9.10.